The first kappa shape index (κ1) is 16.3. The Balaban J connectivity index is 1.96. The fraction of sp³-hybridized carbons (Fsp3) is 0.312. The van der Waals surface area contributed by atoms with Crippen LogP contribution in [0.1, 0.15) is 25.5 Å². The van der Waals surface area contributed by atoms with E-state index < -0.39 is 12.0 Å². The number of rotatable bonds is 3. The second-order valence-corrected chi connectivity index (χ2v) is 8.01. The highest BCUT2D eigenvalue weighted by Gasteiger charge is 2.42. The Bertz CT molecular complexity index is 995. The van der Waals surface area contributed by atoms with Crippen molar-refractivity contribution in [1.29, 1.82) is 0 Å². The van der Waals surface area contributed by atoms with Gasteiger partial charge in [0.2, 0.25) is 0 Å². The summed E-state index contributed by atoms with van der Waals surface area (Å²) in [6.07, 6.45) is 0. The summed E-state index contributed by atoms with van der Waals surface area (Å²) in [4.78, 5) is 17.1. The quantitative estimate of drug-likeness (QED) is 0.606. The minimum absolute atomic E-state index is 0.309. The van der Waals surface area contributed by atoms with Crippen molar-refractivity contribution in [3.05, 3.63) is 33.6 Å². The van der Waals surface area contributed by atoms with Crippen LogP contribution in [0, 0.1) is 5.92 Å². The van der Waals surface area contributed by atoms with Crippen molar-refractivity contribution in [2.24, 2.45) is 10.9 Å². The summed E-state index contributed by atoms with van der Waals surface area (Å²) in [6, 6.07) is 7.66. The van der Waals surface area contributed by atoms with Crippen LogP contribution in [-0.4, -0.2) is 38.5 Å². The molecule has 3 heterocycles. The molecule has 0 radical (unpaired) electrons. The average Bonchev–Trinajstić information content (AvgIpc) is 3.16. The Hall–Kier alpha value is -2.13. The largest absolute Gasteiger partial charge is 0.465 e. The number of ether oxygens (including phenoxy) is 1. The second kappa shape index (κ2) is 6.30. The lowest BCUT2D eigenvalue weighted by molar-refractivity contribution is -0.146. The smallest absolute Gasteiger partial charge is 0.317 e. The number of carbonyl (C=O) groups is 1. The van der Waals surface area contributed by atoms with E-state index in [9.17, 15) is 4.79 Å². The fourth-order valence-electron chi connectivity index (χ4n) is 3.17. The van der Waals surface area contributed by atoms with Crippen molar-refractivity contribution in [1.82, 2.24) is 20.2 Å². The van der Waals surface area contributed by atoms with Gasteiger partial charge < -0.3 is 4.74 Å². The minimum atomic E-state index is -0.578. The second-order valence-electron chi connectivity index (χ2n) is 5.64. The topological polar surface area (TPSA) is 82.3 Å². The molecule has 9 heteroatoms. The van der Waals surface area contributed by atoms with E-state index in [0.717, 1.165) is 19.4 Å². The zero-order valence-electron chi connectivity index (χ0n) is 13.5. The summed E-state index contributed by atoms with van der Waals surface area (Å²) >= 11 is 5.29. The minimum Gasteiger partial charge on any atom is -0.465 e. The van der Waals surface area contributed by atoms with Crippen molar-refractivity contribution in [2.75, 3.05) is 6.61 Å². The van der Waals surface area contributed by atoms with Gasteiger partial charge in [-0.3, -0.25) is 4.79 Å². The van der Waals surface area contributed by atoms with Gasteiger partial charge in [-0.15, -0.1) is 11.3 Å². The number of aliphatic imine (C=N–C) groups is 1. The maximum atomic E-state index is 12.7. The van der Waals surface area contributed by atoms with Gasteiger partial charge in [0.25, 0.3) is 5.95 Å². The lowest BCUT2D eigenvalue weighted by Gasteiger charge is -2.29. The van der Waals surface area contributed by atoms with Crippen molar-refractivity contribution in [3.63, 3.8) is 0 Å². The Morgan fingerprint density at radius 3 is 3.00 bits per heavy atom. The van der Waals surface area contributed by atoms with Crippen molar-refractivity contribution in [3.8, 4) is 0 Å². The molecule has 25 heavy (non-hydrogen) atoms. The van der Waals surface area contributed by atoms with Gasteiger partial charge in [-0.2, -0.15) is 0 Å². The van der Waals surface area contributed by atoms with Crippen LogP contribution in [0.25, 0.3) is 10.1 Å². The van der Waals surface area contributed by atoms with E-state index in [-0.39, 0.29) is 5.97 Å². The first-order valence-corrected chi connectivity index (χ1v) is 9.39. The molecule has 7 nitrogen and oxygen atoms in total. The number of carbonyl (C=O) groups excluding carboxylic acids is 1. The molecular weight excluding hydrogens is 406 g/mol. The van der Waals surface area contributed by atoms with E-state index in [1.807, 2.05) is 25.1 Å². The Labute approximate surface area is 155 Å². The maximum absolute atomic E-state index is 12.7. The van der Waals surface area contributed by atoms with Gasteiger partial charge in [-0.25, -0.2) is 9.67 Å². The molecule has 0 aliphatic carbocycles. The van der Waals surface area contributed by atoms with E-state index >= 15 is 0 Å². The van der Waals surface area contributed by atoms with Crippen LogP contribution in [0.5, 0.6) is 0 Å². The van der Waals surface area contributed by atoms with Crippen LogP contribution in [0.2, 0.25) is 0 Å². The summed E-state index contributed by atoms with van der Waals surface area (Å²) < 4.78 is 8.99. The van der Waals surface area contributed by atoms with E-state index in [2.05, 4.69) is 42.5 Å². The number of thiophene rings is 1. The summed E-state index contributed by atoms with van der Waals surface area (Å²) in [5, 5.41) is 12.9. The number of benzene rings is 1. The maximum Gasteiger partial charge on any atom is 0.317 e. The third-order valence-corrected chi connectivity index (χ3v) is 6.09. The number of esters is 1. The number of halogens is 1. The highest BCUT2D eigenvalue weighted by Crippen LogP contribution is 2.45. The zero-order chi connectivity index (χ0) is 17.6. The van der Waals surface area contributed by atoms with Crippen LogP contribution in [-0.2, 0) is 9.53 Å². The Kier molecular flexibility index (Phi) is 4.12. The third-order valence-electron chi connectivity index (χ3n) is 4.21. The number of aromatic nitrogens is 4. The van der Waals surface area contributed by atoms with E-state index in [1.54, 1.807) is 22.9 Å². The van der Waals surface area contributed by atoms with Gasteiger partial charge in [0.05, 0.1) is 10.4 Å². The standard InChI is InChI=1S/C16H14BrN5O2S/c1-3-24-15(23)11-8(2)18-16-19-20-21-22(16)13(11)12-9-6-4-5-7-10(9)25-14(12)17/h4-7,11,13H,3H2,1-2H3. The zero-order valence-corrected chi connectivity index (χ0v) is 15.9. The third kappa shape index (κ3) is 2.58. The average molecular weight is 420 g/mol. The van der Waals surface area contributed by atoms with Crippen LogP contribution >= 0.6 is 27.3 Å². The summed E-state index contributed by atoms with van der Waals surface area (Å²) in [6.45, 7) is 3.92. The normalized spacial score (nSPS) is 19.6. The highest BCUT2D eigenvalue weighted by atomic mass is 79.9. The van der Waals surface area contributed by atoms with Crippen LogP contribution < -0.4 is 0 Å². The molecule has 0 bridgehead atoms. The highest BCUT2D eigenvalue weighted by molar-refractivity contribution is 9.11. The predicted molar refractivity (Wildman–Crippen MR) is 98.4 cm³/mol. The monoisotopic (exact) mass is 419 g/mol. The van der Waals surface area contributed by atoms with Crippen LogP contribution in [0.3, 0.4) is 0 Å². The molecular formula is C16H14BrN5O2S. The van der Waals surface area contributed by atoms with Gasteiger partial charge in [0.15, 0.2) is 0 Å². The summed E-state index contributed by atoms with van der Waals surface area (Å²) in [5.41, 5.74) is 1.62. The van der Waals surface area contributed by atoms with Crippen molar-refractivity contribution >= 4 is 55.0 Å². The first-order valence-electron chi connectivity index (χ1n) is 7.78. The number of hydrogen-bond acceptors (Lipinski definition) is 7. The molecule has 0 spiro atoms. The number of tetrazole rings is 1. The van der Waals surface area contributed by atoms with Crippen LogP contribution in [0.4, 0.5) is 5.95 Å². The fourth-order valence-corrected chi connectivity index (χ4v) is 5.11. The Morgan fingerprint density at radius 1 is 1.40 bits per heavy atom. The molecule has 0 saturated heterocycles. The molecule has 0 fully saturated rings. The molecule has 0 amide bonds. The molecule has 3 aromatic rings. The lowest BCUT2D eigenvalue weighted by atomic mass is 9.88. The van der Waals surface area contributed by atoms with E-state index in [0.29, 0.717) is 18.3 Å². The summed E-state index contributed by atoms with van der Waals surface area (Å²) in [5.74, 6) is -0.507. The molecule has 0 saturated carbocycles. The predicted octanol–water partition coefficient (Wildman–Crippen LogP) is 3.53. The van der Waals surface area contributed by atoms with Crippen molar-refractivity contribution < 1.29 is 9.53 Å². The molecule has 0 N–H and O–H groups in total. The molecule has 4 rings (SSSR count). The van der Waals surface area contributed by atoms with Gasteiger partial charge in [-0.1, -0.05) is 23.3 Å². The summed E-state index contributed by atoms with van der Waals surface area (Å²) in [7, 11) is 0. The molecule has 2 atom stereocenters. The molecule has 1 aliphatic rings. The molecule has 1 aromatic carbocycles. The first-order chi connectivity index (χ1) is 12.1. The van der Waals surface area contributed by atoms with Gasteiger partial charge in [0, 0.05) is 16.0 Å². The van der Waals surface area contributed by atoms with Crippen molar-refractivity contribution in [2.45, 2.75) is 19.9 Å². The van der Waals surface area contributed by atoms with Crippen LogP contribution in [0.15, 0.2) is 33.0 Å². The molecule has 1 aliphatic heterocycles. The van der Waals surface area contributed by atoms with E-state index in [4.69, 9.17) is 4.74 Å². The molecule has 128 valence electrons. The van der Waals surface area contributed by atoms with Gasteiger partial charge >= 0.3 is 5.97 Å². The Morgan fingerprint density at radius 2 is 2.20 bits per heavy atom. The SMILES string of the molecule is CCOC(=O)C1C(C)=Nc2nnnn2C1c1c(Br)sc2ccccc12. The van der Waals surface area contributed by atoms with Gasteiger partial charge in [-0.05, 0) is 51.7 Å². The lowest BCUT2D eigenvalue weighted by Crippen LogP contribution is -2.37. The molecule has 2 aromatic heterocycles. The van der Waals surface area contributed by atoms with E-state index in [1.165, 1.54) is 0 Å². The van der Waals surface area contributed by atoms with Gasteiger partial charge in [0.1, 0.15) is 12.0 Å². The number of hydrogen-bond donors (Lipinski definition) is 0. The molecule has 2 unspecified atom stereocenters. The number of nitrogens with zero attached hydrogens (tertiary/aromatic N) is 5. The number of fused-ring (bicyclic) bond motifs is 2.